The number of aromatic amines is 1. The molecule has 1 aliphatic carbocycles. The van der Waals surface area contributed by atoms with Gasteiger partial charge in [0.15, 0.2) is 0 Å². The summed E-state index contributed by atoms with van der Waals surface area (Å²) in [5.41, 5.74) is 5.04. The van der Waals surface area contributed by atoms with Crippen molar-refractivity contribution in [2.75, 3.05) is 18.4 Å². The molecule has 0 spiro atoms. The molecule has 3 aliphatic rings. The highest BCUT2D eigenvalue weighted by Crippen LogP contribution is 2.28. The van der Waals surface area contributed by atoms with Crippen LogP contribution in [-0.2, 0) is 28.9 Å². The van der Waals surface area contributed by atoms with Crippen LogP contribution in [0.3, 0.4) is 0 Å². The van der Waals surface area contributed by atoms with E-state index in [2.05, 4.69) is 33.8 Å². The van der Waals surface area contributed by atoms with Crippen LogP contribution >= 0.6 is 0 Å². The minimum Gasteiger partial charge on any atom is -0.461 e. The number of urea groups is 2. The Morgan fingerprint density at radius 2 is 1.88 bits per heavy atom. The van der Waals surface area contributed by atoms with Gasteiger partial charge in [0.1, 0.15) is 12.1 Å². The molecule has 1 saturated heterocycles. The monoisotopic (exact) mass is 572 g/mol. The number of nitrogens with zero attached hydrogens (tertiary/aromatic N) is 3. The fourth-order valence-electron chi connectivity index (χ4n) is 6.59. The maximum atomic E-state index is 13.5. The zero-order chi connectivity index (χ0) is 29.1. The molecule has 3 heterocycles. The molecule has 2 aromatic carbocycles. The fourth-order valence-corrected chi connectivity index (χ4v) is 6.59. The molecule has 4 amide bonds. The van der Waals surface area contributed by atoms with Crippen molar-refractivity contribution in [2.45, 2.75) is 89.4 Å². The number of esters is 1. The Morgan fingerprint density at radius 1 is 1.10 bits per heavy atom. The molecule has 222 valence electrons. The number of likely N-dealkylation sites (tertiary alicyclic amines) is 1. The SMILES string of the molecule is CCc1cc(CC(NC(=O)N2CCC(N3Cc4ccccc4NC3=O)CC2)C(=O)OC2CCCCC2)cc2cn[nH]c12. The number of hydrogen-bond acceptors (Lipinski definition) is 5. The Hall–Kier alpha value is -4.08. The molecule has 2 aliphatic heterocycles. The van der Waals surface area contributed by atoms with Gasteiger partial charge in [-0.2, -0.15) is 5.10 Å². The van der Waals surface area contributed by atoms with Gasteiger partial charge in [0.05, 0.1) is 11.7 Å². The van der Waals surface area contributed by atoms with Crippen LogP contribution in [0.5, 0.6) is 0 Å². The van der Waals surface area contributed by atoms with E-state index >= 15 is 0 Å². The van der Waals surface area contributed by atoms with Gasteiger partial charge < -0.3 is 25.2 Å². The van der Waals surface area contributed by atoms with Gasteiger partial charge in [-0.1, -0.05) is 37.6 Å². The number of H-pyrrole nitrogens is 1. The van der Waals surface area contributed by atoms with Crippen LogP contribution in [0.15, 0.2) is 42.6 Å². The summed E-state index contributed by atoms with van der Waals surface area (Å²) < 4.78 is 5.94. The normalized spacial score (nSPS) is 18.8. The number of piperidine rings is 1. The average Bonchev–Trinajstić information content (AvgIpc) is 3.49. The fraction of sp³-hybridized carbons (Fsp3) is 0.500. The van der Waals surface area contributed by atoms with Gasteiger partial charge in [0.2, 0.25) is 0 Å². The standard InChI is InChI=1S/C32H40N6O4/c1-2-22-16-21(17-24-19-33-36-29(22)24)18-28(30(39)42-26-9-4-3-5-10-26)35-31(40)37-14-12-25(13-15-37)38-20-23-8-6-7-11-27(23)34-32(38)41/h6-8,11,16-17,19,25-26,28H,2-5,9-10,12-15,18,20H2,1H3,(H,33,36)(H,34,41)(H,35,40). The number of carbonyl (C=O) groups excluding carboxylic acids is 3. The van der Waals surface area contributed by atoms with E-state index in [0.29, 0.717) is 38.9 Å². The molecule has 42 heavy (non-hydrogen) atoms. The molecule has 10 nitrogen and oxygen atoms in total. The Labute approximate surface area is 246 Å². The van der Waals surface area contributed by atoms with Gasteiger partial charge >= 0.3 is 18.0 Å². The number of fused-ring (bicyclic) bond motifs is 2. The minimum atomic E-state index is -0.796. The van der Waals surface area contributed by atoms with Crippen LogP contribution in [0.25, 0.3) is 10.9 Å². The van der Waals surface area contributed by atoms with Crippen molar-refractivity contribution in [3.8, 4) is 0 Å². The van der Waals surface area contributed by atoms with Crippen molar-refractivity contribution in [3.63, 3.8) is 0 Å². The number of nitrogens with one attached hydrogen (secondary N) is 3. The number of anilines is 1. The molecule has 3 N–H and O–H groups in total. The second-order valence-corrected chi connectivity index (χ2v) is 11.8. The van der Waals surface area contributed by atoms with Crippen molar-refractivity contribution in [1.82, 2.24) is 25.3 Å². The van der Waals surface area contributed by atoms with E-state index in [1.165, 1.54) is 6.42 Å². The summed E-state index contributed by atoms with van der Waals surface area (Å²) in [5, 5.41) is 14.2. The zero-order valence-corrected chi connectivity index (χ0v) is 24.2. The van der Waals surface area contributed by atoms with E-state index in [-0.39, 0.29) is 30.2 Å². The largest absolute Gasteiger partial charge is 0.461 e. The first-order valence-corrected chi connectivity index (χ1v) is 15.3. The summed E-state index contributed by atoms with van der Waals surface area (Å²) in [4.78, 5) is 43.4. The molecule has 2 fully saturated rings. The van der Waals surface area contributed by atoms with Gasteiger partial charge in [0, 0.05) is 43.2 Å². The predicted octanol–water partition coefficient (Wildman–Crippen LogP) is 5.13. The first-order valence-electron chi connectivity index (χ1n) is 15.3. The van der Waals surface area contributed by atoms with Gasteiger partial charge in [0.25, 0.3) is 0 Å². The molecule has 1 unspecified atom stereocenters. The molecule has 1 aromatic heterocycles. The highest BCUT2D eigenvalue weighted by molar-refractivity contribution is 5.92. The summed E-state index contributed by atoms with van der Waals surface area (Å²) in [5.74, 6) is -0.376. The van der Waals surface area contributed by atoms with E-state index in [4.69, 9.17) is 4.74 Å². The Bertz CT molecular complexity index is 1440. The highest BCUT2D eigenvalue weighted by Gasteiger charge is 2.34. The molecule has 0 radical (unpaired) electrons. The van der Waals surface area contributed by atoms with Crippen LogP contribution in [0, 0.1) is 0 Å². The lowest BCUT2D eigenvalue weighted by Gasteiger charge is -2.40. The van der Waals surface area contributed by atoms with E-state index in [9.17, 15) is 14.4 Å². The number of carbonyl (C=O) groups is 3. The van der Waals surface area contributed by atoms with Crippen molar-refractivity contribution in [1.29, 1.82) is 0 Å². The third-order valence-electron chi connectivity index (χ3n) is 8.98. The first kappa shape index (κ1) is 28.1. The van der Waals surface area contributed by atoms with Crippen LogP contribution in [0.1, 0.15) is 68.6 Å². The molecule has 1 atom stereocenters. The summed E-state index contributed by atoms with van der Waals surface area (Å²) in [6, 6.07) is 10.8. The lowest BCUT2D eigenvalue weighted by atomic mass is 9.97. The topological polar surface area (TPSA) is 120 Å². The van der Waals surface area contributed by atoms with Crippen LogP contribution in [-0.4, -0.2) is 69.3 Å². The Morgan fingerprint density at radius 3 is 2.67 bits per heavy atom. The van der Waals surface area contributed by atoms with Gasteiger partial charge in [-0.3, -0.25) is 5.10 Å². The maximum absolute atomic E-state index is 13.5. The third kappa shape index (κ3) is 6.07. The number of ether oxygens (including phenoxy) is 1. The lowest BCUT2D eigenvalue weighted by molar-refractivity contribution is -0.152. The number of para-hydroxylation sites is 1. The van der Waals surface area contributed by atoms with E-state index in [1.807, 2.05) is 35.2 Å². The van der Waals surface area contributed by atoms with Crippen molar-refractivity contribution in [3.05, 3.63) is 59.3 Å². The third-order valence-corrected chi connectivity index (χ3v) is 8.98. The number of hydrogen-bond donors (Lipinski definition) is 3. The number of benzene rings is 2. The molecule has 0 bridgehead atoms. The van der Waals surface area contributed by atoms with Gasteiger partial charge in [-0.15, -0.1) is 0 Å². The van der Waals surface area contributed by atoms with Crippen molar-refractivity contribution < 1.29 is 19.1 Å². The summed E-state index contributed by atoms with van der Waals surface area (Å²) >= 11 is 0. The van der Waals surface area contributed by atoms with Gasteiger partial charge in [-0.25, -0.2) is 14.4 Å². The van der Waals surface area contributed by atoms with Crippen molar-refractivity contribution in [2.24, 2.45) is 0 Å². The van der Waals surface area contributed by atoms with Crippen LogP contribution in [0.4, 0.5) is 15.3 Å². The van der Waals surface area contributed by atoms with Crippen LogP contribution < -0.4 is 10.6 Å². The van der Waals surface area contributed by atoms with Crippen molar-refractivity contribution >= 4 is 34.6 Å². The Kier molecular flexibility index (Phi) is 8.30. The van der Waals surface area contributed by atoms with Gasteiger partial charge in [-0.05, 0) is 73.8 Å². The lowest BCUT2D eigenvalue weighted by Crippen LogP contribution is -2.55. The molecular weight excluding hydrogens is 532 g/mol. The predicted molar refractivity (Wildman–Crippen MR) is 160 cm³/mol. The smallest absolute Gasteiger partial charge is 0.329 e. The quantitative estimate of drug-likeness (QED) is 0.339. The first-order chi connectivity index (χ1) is 20.5. The molecule has 3 aromatic rings. The van der Waals surface area contributed by atoms with E-state index < -0.39 is 6.04 Å². The zero-order valence-electron chi connectivity index (χ0n) is 24.2. The van der Waals surface area contributed by atoms with E-state index in [1.54, 1.807) is 11.1 Å². The number of aryl methyl sites for hydroxylation is 1. The Balaban J connectivity index is 1.12. The number of rotatable bonds is 7. The molecule has 6 rings (SSSR count). The molecule has 1 saturated carbocycles. The second-order valence-electron chi connectivity index (χ2n) is 11.8. The molecular formula is C32H40N6O4. The number of aromatic nitrogens is 2. The average molecular weight is 573 g/mol. The maximum Gasteiger partial charge on any atom is 0.329 e. The minimum absolute atomic E-state index is 0.0450. The summed E-state index contributed by atoms with van der Waals surface area (Å²) in [6.07, 6.45) is 9.24. The highest BCUT2D eigenvalue weighted by atomic mass is 16.5. The second kappa shape index (κ2) is 12.4. The molecule has 10 heteroatoms. The van der Waals surface area contributed by atoms with E-state index in [0.717, 1.165) is 65.4 Å². The van der Waals surface area contributed by atoms with Crippen LogP contribution in [0.2, 0.25) is 0 Å². The summed E-state index contributed by atoms with van der Waals surface area (Å²) in [6.45, 7) is 3.67. The summed E-state index contributed by atoms with van der Waals surface area (Å²) in [7, 11) is 0. The number of amides is 4.